The zero-order valence-corrected chi connectivity index (χ0v) is 18.5. The second-order valence-corrected chi connectivity index (χ2v) is 6.62. The Kier molecular flexibility index (Phi) is 7.72. The molecule has 0 aliphatic heterocycles. The van der Waals surface area contributed by atoms with Gasteiger partial charge in [0.1, 0.15) is 5.82 Å². The van der Waals surface area contributed by atoms with Crippen LogP contribution in [0.3, 0.4) is 0 Å². The summed E-state index contributed by atoms with van der Waals surface area (Å²) >= 11 is 0. The lowest BCUT2D eigenvalue weighted by Crippen LogP contribution is -2.14. The zero-order chi connectivity index (χ0) is 22.2. The Morgan fingerprint density at radius 3 is 1.94 bits per heavy atom. The predicted octanol–water partition coefficient (Wildman–Crippen LogP) is 4.11. The van der Waals surface area contributed by atoms with Gasteiger partial charge in [-0.2, -0.15) is 5.10 Å². The summed E-state index contributed by atoms with van der Waals surface area (Å²) in [6.45, 7) is 9.91. The van der Waals surface area contributed by atoms with E-state index in [9.17, 15) is 0 Å². The molecule has 1 heterocycles. The van der Waals surface area contributed by atoms with E-state index in [1.165, 1.54) is 0 Å². The van der Waals surface area contributed by atoms with Crippen LogP contribution in [-0.4, -0.2) is 41.6 Å². The summed E-state index contributed by atoms with van der Waals surface area (Å²) in [6.07, 6.45) is 0. The number of ether oxygens (including phenoxy) is 4. The highest BCUT2D eigenvalue weighted by atomic mass is 16.5. The van der Waals surface area contributed by atoms with E-state index in [1.807, 2.05) is 64.1 Å². The van der Waals surface area contributed by atoms with Crippen molar-refractivity contribution in [2.45, 2.75) is 33.7 Å². The Hall–Kier alpha value is -3.26. The average molecular weight is 427 g/mol. The lowest BCUT2D eigenvalue weighted by atomic mass is 10.1. The minimum Gasteiger partial charge on any atom is -0.490 e. The Morgan fingerprint density at radius 2 is 1.32 bits per heavy atom. The standard InChI is InChI=1S/C23H30N4O4/c1-5-28-17-11-9-15(13-19(17)30-7-3)21(24)23-25-22(26-27-23)16-10-12-18(29-6-2)20(14-16)31-8-4/h9-14,21H,5-8,24H2,1-4H3,(H,25,26,27)/t21-/m0/s1. The molecule has 0 radical (unpaired) electrons. The SMILES string of the molecule is CCOc1ccc(-c2n[nH]c([C@@H](N)c3ccc(OCC)c(OCC)c3)n2)cc1OCC. The summed E-state index contributed by atoms with van der Waals surface area (Å²) in [7, 11) is 0. The number of rotatable bonds is 11. The van der Waals surface area contributed by atoms with Gasteiger partial charge in [0.2, 0.25) is 0 Å². The number of H-pyrrole nitrogens is 1. The van der Waals surface area contributed by atoms with Crippen LogP contribution < -0.4 is 24.7 Å². The number of benzene rings is 2. The van der Waals surface area contributed by atoms with Crippen LogP contribution in [0, 0.1) is 0 Å². The van der Waals surface area contributed by atoms with E-state index in [0.29, 0.717) is 61.1 Å². The molecule has 0 bridgehead atoms. The van der Waals surface area contributed by atoms with Crippen molar-refractivity contribution in [3.63, 3.8) is 0 Å². The van der Waals surface area contributed by atoms with Crippen molar-refractivity contribution in [3.8, 4) is 34.4 Å². The van der Waals surface area contributed by atoms with E-state index in [0.717, 1.165) is 11.1 Å². The van der Waals surface area contributed by atoms with Gasteiger partial charge >= 0.3 is 0 Å². The number of nitrogens with two attached hydrogens (primary N) is 1. The fourth-order valence-electron chi connectivity index (χ4n) is 3.15. The summed E-state index contributed by atoms with van der Waals surface area (Å²) in [5.74, 6) is 3.78. The lowest BCUT2D eigenvalue weighted by Gasteiger charge is -2.15. The van der Waals surface area contributed by atoms with Crippen molar-refractivity contribution >= 4 is 0 Å². The first-order chi connectivity index (χ1) is 15.1. The summed E-state index contributed by atoms with van der Waals surface area (Å²) in [6, 6.07) is 10.8. The smallest absolute Gasteiger partial charge is 0.181 e. The molecule has 0 spiro atoms. The molecule has 1 atom stereocenters. The molecular weight excluding hydrogens is 396 g/mol. The molecule has 0 amide bonds. The van der Waals surface area contributed by atoms with Crippen LogP contribution in [0.1, 0.15) is 45.1 Å². The Bertz CT molecular complexity index is 989. The van der Waals surface area contributed by atoms with Crippen molar-refractivity contribution in [1.29, 1.82) is 0 Å². The first kappa shape index (κ1) is 22.4. The van der Waals surface area contributed by atoms with E-state index in [4.69, 9.17) is 24.7 Å². The number of hydrogen-bond acceptors (Lipinski definition) is 7. The molecule has 1 aromatic heterocycles. The number of hydrogen-bond donors (Lipinski definition) is 2. The molecule has 8 nitrogen and oxygen atoms in total. The van der Waals surface area contributed by atoms with Gasteiger partial charge in [-0.25, -0.2) is 4.98 Å². The van der Waals surface area contributed by atoms with Crippen molar-refractivity contribution in [1.82, 2.24) is 15.2 Å². The van der Waals surface area contributed by atoms with Crippen LogP contribution in [0.25, 0.3) is 11.4 Å². The molecule has 2 aromatic carbocycles. The number of aromatic nitrogens is 3. The van der Waals surface area contributed by atoms with Gasteiger partial charge in [0.25, 0.3) is 0 Å². The maximum absolute atomic E-state index is 6.46. The van der Waals surface area contributed by atoms with Crippen LogP contribution >= 0.6 is 0 Å². The summed E-state index contributed by atoms with van der Waals surface area (Å²) in [5.41, 5.74) is 8.12. The third-order valence-corrected chi connectivity index (χ3v) is 4.53. The molecule has 3 aromatic rings. The molecule has 3 N–H and O–H groups in total. The van der Waals surface area contributed by atoms with Gasteiger partial charge in [0, 0.05) is 5.56 Å². The van der Waals surface area contributed by atoms with E-state index >= 15 is 0 Å². The highest BCUT2D eigenvalue weighted by Crippen LogP contribution is 2.33. The maximum Gasteiger partial charge on any atom is 0.181 e. The minimum absolute atomic E-state index is 0.495. The Morgan fingerprint density at radius 1 is 0.774 bits per heavy atom. The summed E-state index contributed by atoms with van der Waals surface area (Å²) in [5, 5.41) is 7.30. The zero-order valence-electron chi connectivity index (χ0n) is 18.5. The molecule has 3 rings (SSSR count). The van der Waals surface area contributed by atoms with Gasteiger partial charge in [-0.1, -0.05) is 6.07 Å². The molecule has 0 saturated heterocycles. The van der Waals surface area contributed by atoms with Crippen LogP contribution in [-0.2, 0) is 0 Å². The molecule has 0 aliphatic rings. The molecule has 8 heteroatoms. The molecular formula is C23H30N4O4. The van der Waals surface area contributed by atoms with Crippen LogP contribution in [0.15, 0.2) is 36.4 Å². The number of nitrogens with one attached hydrogen (secondary N) is 1. The van der Waals surface area contributed by atoms with Gasteiger partial charge in [-0.3, -0.25) is 5.10 Å². The molecule has 31 heavy (non-hydrogen) atoms. The highest BCUT2D eigenvalue weighted by Gasteiger charge is 2.18. The topological polar surface area (TPSA) is 105 Å². The fourth-order valence-corrected chi connectivity index (χ4v) is 3.15. The average Bonchev–Trinajstić information content (AvgIpc) is 3.26. The van der Waals surface area contributed by atoms with E-state index < -0.39 is 6.04 Å². The number of aromatic amines is 1. The lowest BCUT2D eigenvalue weighted by molar-refractivity contribution is 0.287. The van der Waals surface area contributed by atoms with Gasteiger partial charge in [0.05, 0.1) is 32.5 Å². The summed E-state index contributed by atoms with van der Waals surface area (Å²) < 4.78 is 22.7. The monoisotopic (exact) mass is 426 g/mol. The first-order valence-electron chi connectivity index (χ1n) is 10.6. The fraction of sp³-hybridized carbons (Fsp3) is 0.391. The second-order valence-electron chi connectivity index (χ2n) is 6.62. The second kappa shape index (κ2) is 10.7. The van der Waals surface area contributed by atoms with E-state index in [2.05, 4.69) is 15.2 Å². The quantitative estimate of drug-likeness (QED) is 0.475. The minimum atomic E-state index is -0.495. The van der Waals surface area contributed by atoms with E-state index in [-0.39, 0.29) is 0 Å². The number of nitrogens with zero attached hydrogens (tertiary/aromatic N) is 2. The molecule has 0 fully saturated rings. The van der Waals surface area contributed by atoms with Crippen molar-refractivity contribution < 1.29 is 18.9 Å². The van der Waals surface area contributed by atoms with Crippen LogP contribution in [0.2, 0.25) is 0 Å². The van der Waals surface area contributed by atoms with Crippen molar-refractivity contribution in [2.24, 2.45) is 5.73 Å². The van der Waals surface area contributed by atoms with Crippen molar-refractivity contribution in [3.05, 3.63) is 47.8 Å². The Balaban J connectivity index is 1.86. The van der Waals surface area contributed by atoms with Gasteiger partial charge in [0.15, 0.2) is 28.8 Å². The molecule has 0 saturated carbocycles. The first-order valence-corrected chi connectivity index (χ1v) is 10.6. The molecule has 166 valence electrons. The van der Waals surface area contributed by atoms with Crippen LogP contribution in [0.4, 0.5) is 0 Å². The third-order valence-electron chi connectivity index (χ3n) is 4.53. The van der Waals surface area contributed by atoms with Gasteiger partial charge in [-0.15, -0.1) is 0 Å². The predicted molar refractivity (Wildman–Crippen MR) is 119 cm³/mol. The molecule has 0 aliphatic carbocycles. The largest absolute Gasteiger partial charge is 0.490 e. The van der Waals surface area contributed by atoms with Crippen molar-refractivity contribution in [2.75, 3.05) is 26.4 Å². The molecule has 0 unspecified atom stereocenters. The van der Waals surface area contributed by atoms with Crippen LogP contribution in [0.5, 0.6) is 23.0 Å². The van der Waals surface area contributed by atoms with Gasteiger partial charge in [-0.05, 0) is 63.6 Å². The Labute approximate surface area is 182 Å². The third kappa shape index (κ3) is 5.27. The normalized spacial score (nSPS) is 11.8. The van der Waals surface area contributed by atoms with E-state index in [1.54, 1.807) is 0 Å². The summed E-state index contributed by atoms with van der Waals surface area (Å²) in [4.78, 5) is 4.61. The highest BCUT2D eigenvalue weighted by molar-refractivity contribution is 5.61. The maximum atomic E-state index is 6.46. The van der Waals surface area contributed by atoms with Gasteiger partial charge < -0.3 is 24.7 Å².